The maximum atomic E-state index is 13.5. The summed E-state index contributed by atoms with van der Waals surface area (Å²) in [7, 11) is -2.19. The molecule has 1 unspecified atom stereocenters. The summed E-state index contributed by atoms with van der Waals surface area (Å²) in [5.41, 5.74) is 3.76. The van der Waals surface area contributed by atoms with E-state index in [1.165, 1.54) is 27.4 Å². The molecule has 2 aromatic carbocycles. The molecule has 0 bridgehead atoms. The Balaban J connectivity index is 1.37. The van der Waals surface area contributed by atoms with Gasteiger partial charge in [0.15, 0.2) is 0 Å². The summed E-state index contributed by atoms with van der Waals surface area (Å²) in [5.74, 6) is -0.298. The van der Waals surface area contributed by atoms with Crippen LogP contribution in [0, 0.1) is 12.7 Å². The van der Waals surface area contributed by atoms with Crippen LogP contribution in [0.25, 0.3) is 16.6 Å². The number of nitrogens with zero attached hydrogens (tertiary/aromatic N) is 7. The molecular formula is C26H30FN7O3S. The predicted molar refractivity (Wildman–Crippen MR) is 139 cm³/mol. The molecule has 0 spiro atoms. The molecule has 38 heavy (non-hydrogen) atoms. The molecule has 200 valence electrons. The molecule has 0 saturated carbocycles. The highest BCUT2D eigenvalue weighted by Gasteiger charge is 2.38. The molecule has 2 atom stereocenters. The number of ether oxygens (including phenoxy) is 1. The van der Waals surface area contributed by atoms with E-state index in [1.54, 1.807) is 30.1 Å². The van der Waals surface area contributed by atoms with Crippen LogP contribution < -0.4 is 0 Å². The third kappa shape index (κ3) is 4.62. The Bertz CT molecular complexity index is 1560. The Morgan fingerprint density at radius 3 is 2.63 bits per heavy atom. The van der Waals surface area contributed by atoms with Gasteiger partial charge in [0.1, 0.15) is 5.82 Å². The number of sulfonamides is 1. The van der Waals surface area contributed by atoms with Crippen molar-refractivity contribution in [1.29, 1.82) is 0 Å². The van der Waals surface area contributed by atoms with Gasteiger partial charge in [0.2, 0.25) is 5.03 Å². The molecule has 2 aliphatic heterocycles. The van der Waals surface area contributed by atoms with E-state index in [4.69, 9.17) is 4.74 Å². The molecule has 0 amide bonds. The Kier molecular flexibility index (Phi) is 6.50. The van der Waals surface area contributed by atoms with E-state index >= 15 is 0 Å². The minimum atomic E-state index is -3.79. The lowest BCUT2D eigenvalue weighted by Gasteiger charge is -2.42. The van der Waals surface area contributed by atoms with Crippen LogP contribution in [0.3, 0.4) is 0 Å². The highest BCUT2D eigenvalue weighted by molar-refractivity contribution is 7.89. The Labute approximate surface area is 220 Å². The maximum Gasteiger partial charge on any atom is 0.264 e. The summed E-state index contributed by atoms with van der Waals surface area (Å²) < 4.78 is 49.6. The van der Waals surface area contributed by atoms with Crippen molar-refractivity contribution in [1.82, 2.24) is 34.0 Å². The van der Waals surface area contributed by atoms with E-state index in [0.29, 0.717) is 19.6 Å². The van der Waals surface area contributed by atoms with Crippen LogP contribution in [-0.4, -0.2) is 81.3 Å². The number of rotatable bonds is 6. The van der Waals surface area contributed by atoms with Crippen LogP contribution in [0.4, 0.5) is 4.39 Å². The number of halogens is 1. The molecule has 0 N–H and O–H groups in total. The molecule has 4 aromatic rings. The van der Waals surface area contributed by atoms with Crippen molar-refractivity contribution in [3.63, 3.8) is 0 Å². The van der Waals surface area contributed by atoms with E-state index in [2.05, 4.69) is 32.3 Å². The van der Waals surface area contributed by atoms with Gasteiger partial charge in [-0.05, 0) is 67.3 Å². The predicted octanol–water partition coefficient (Wildman–Crippen LogP) is 2.83. The van der Waals surface area contributed by atoms with Crippen molar-refractivity contribution >= 4 is 20.9 Å². The van der Waals surface area contributed by atoms with E-state index in [-0.39, 0.29) is 23.0 Å². The zero-order valence-corrected chi connectivity index (χ0v) is 22.2. The van der Waals surface area contributed by atoms with Crippen LogP contribution in [0.15, 0.2) is 53.8 Å². The first-order valence-corrected chi connectivity index (χ1v) is 14.2. The fourth-order valence-electron chi connectivity index (χ4n) is 5.50. The number of aryl methyl sites for hydroxylation is 2. The van der Waals surface area contributed by atoms with Crippen molar-refractivity contribution in [3.8, 4) is 5.69 Å². The van der Waals surface area contributed by atoms with Crippen LogP contribution >= 0.6 is 0 Å². The molecule has 12 heteroatoms. The number of fused-ring (bicyclic) bond motifs is 1. The topological polar surface area (TPSA) is 98.4 Å². The summed E-state index contributed by atoms with van der Waals surface area (Å²) >= 11 is 0. The Morgan fingerprint density at radius 1 is 1.11 bits per heavy atom. The summed E-state index contributed by atoms with van der Waals surface area (Å²) in [5, 5.41) is 13.5. The zero-order valence-electron chi connectivity index (χ0n) is 21.4. The van der Waals surface area contributed by atoms with E-state index in [1.807, 2.05) is 6.92 Å². The van der Waals surface area contributed by atoms with Gasteiger partial charge in [-0.2, -0.15) is 19.3 Å². The second-order valence-electron chi connectivity index (χ2n) is 9.98. The fraction of sp³-hybridized carbons (Fsp3) is 0.423. The van der Waals surface area contributed by atoms with Crippen molar-refractivity contribution in [2.45, 2.75) is 36.9 Å². The van der Waals surface area contributed by atoms with Crippen LogP contribution in [0.2, 0.25) is 0 Å². The van der Waals surface area contributed by atoms with Gasteiger partial charge in [0.05, 0.1) is 29.7 Å². The molecule has 2 saturated heterocycles. The number of hydrogen-bond acceptors (Lipinski definition) is 7. The van der Waals surface area contributed by atoms with Crippen molar-refractivity contribution in [2.24, 2.45) is 7.05 Å². The lowest BCUT2D eigenvalue weighted by Crippen LogP contribution is -2.52. The SMILES string of the molecule is Cc1cc2c(cnn2-c2ccc(F)cc2)cc1[C@@H]1CN(S(=O)(=O)c2cnn(C)n2)CCN1CC1CCCO1. The number of benzene rings is 2. The van der Waals surface area contributed by atoms with Gasteiger partial charge in [-0.15, -0.1) is 5.10 Å². The Morgan fingerprint density at radius 2 is 1.92 bits per heavy atom. The molecule has 4 heterocycles. The van der Waals surface area contributed by atoms with Gasteiger partial charge in [-0.25, -0.2) is 17.5 Å². The highest BCUT2D eigenvalue weighted by Crippen LogP contribution is 2.34. The van der Waals surface area contributed by atoms with Crippen LogP contribution in [-0.2, 0) is 21.8 Å². The monoisotopic (exact) mass is 539 g/mol. The average molecular weight is 540 g/mol. The first-order chi connectivity index (χ1) is 18.3. The maximum absolute atomic E-state index is 13.5. The van der Waals surface area contributed by atoms with Gasteiger partial charge < -0.3 is 4.74 Å². The molecule has 10 nitrogen and oxygen atoms in total. The Hall–Kier alpha value is -3.19. The lowest BCUT2D eigenvalue weighted by molar-refractivity contribution is 0.0357. The molecule has 2 aromatic heterocycles. The molecule has 0 aliphatic carbocycles. The fourth-order valence-corrected chi connectivity index (χ4v) is 6.82. The smallest absolute Gasteiger partial charge is 0.264 e. The van der Waals surface area contributed by atoms with Crippen molar-refractivity contribution in [3.05, 3.63) is 65.7 Å². The largest absolute Gasteiger partial charge is 0.377 e. The number of piperazine rings is 1. The first-order valence-electron chi connectivity index (χ1n) is 12.8. The lowest BCUT2D eigenvalue weighted by atomic mass is 9.96. The minimum absolute atomic E-state index is 0.0425. The van der Waals surface area contributed by atoms with E-state index in [9.17, 15) is 12.8 Å². The standard InChI is InChI=1S/C26H30FN7O3S/c1-18-12-24-19(14-29-34(24)21-7-5-20(27)6-8-21)13-23(18)25-17-33(38(35,36)26-15-28-31(2)30-26)10-9-32(25)16-22-4-3-11-37-22/h5-8,12-15,22,25H,3-4,9-11,16-17H2,1-2H3/t22?,25-/m0/s1. The summed E-state index contributed by atoms with van der Waals surface area (Å²) in [4.78, 5) is 3.60. The van der Waals surface area contributed by atoms with Gasteiger partial charge in [0, 0.05) is 51.3 Å². The van der Waals surface area contributed by atoms with Gasteiger partial charge >= 0.3 is 0 Å². The number of aromatic nitrogens is 5. The average Bonchev–Trinajstić information content (AvgIpc) is 3.66. The normalized spacial score (nSPS) is 21.4. The molecule has 6 rings (SSSR count). The van der Waals surface area contributed by atoms with Gasteiger partial charge in [-0.3, -0.25) is 4.90 Å². The minimum Gasteiger partial charge on any atom is -0.377 e. The molecule has 2 fully saturated rings. The first kappa shape index (κ1) is 25.1. The van der Waals surface area contributed by atoms with E-state index < -0.39 is 10.0 Å². The zero-order chi connectivity index (χ0) is 26.4. The number of hydrogen-bond donors (Lipinski definition) is 0. The quantitative estimate of drug-likeness (QED) is 0.372. The van der Waals surface area contributed by atoms with Crippen LogP contribution in [0.1, 0.15) is 30.0 Å². The molecule has 2 aliphatic rings. The second-order valence-corrected chi connectivity index (χ2v) is 11.9. The summed E-state index contributed by atoms with van der Waals surface area (Å²) in [6, 6.07) is 10.2. The second kappa shape index (κ2) is 9.84. The molecular weight excluding hydrogens is 509 g/mol. The van der Waals surface area contributed by atoms with E-state index in [0.717, 1.165) is 53.7 Å². The third-order valence-corrected chi connectivity index (χ3v) is 9.21. The summed E-state index contributed by atoms with van der Waals surface area (Å²) in [6.07, 6.45) is 5.29. The third-order valence-electron chi connectivity index (χ3n) is 7.48. The highest BCUT2D eigenvalue weighted by atomic mass is 32.2. The molecule has 0 radical (unpaired) electrons. The van der Waals surface area contributed by atoms with Gasteiger partial charge in [0.25, 0.3) is 10.0 Å². The summed E-state index contributed by atoms with van der Waals surface area (Å²) in [6.45, 7) is 4.80. The van der Waals surface area contributed by atoms with Crippen molar-refractivity contribution in [2.75, 3.05) is 32.8 Å². The van der Waals surface area contributed by atoms with Crippen molar-refractivity contribution < 1.29 is 17.5 Å². The van der Waals surface area contributed by atoms with Gasteiger partial charge in [-0.1, -0.05) is 0 Å². The van der Waals surface area contributed by atoms with Crippen LogP contribution in [0.5, 0.6) is 0 Å².